The first-order valence-electron chi connectivity index (χ1n) is 5.30. The number of pyridine rings is 1. The van der Waals surface area contributed by atoms with Crippen LogP contribution in [0.25, 0.3) is 11.3 Å². The summed E-state index contributed by atoms with van der Waals surface area (Å²) in [5.41, 5.74) is 1.01. The Morgan fingerprint density at radius 3 is 2.32 bits per heavy atom. The molecule has 1 heterocycles. The van der Waals surface area contributed by atoms with Crippen molar-refractivity contribution in [1.82, 2.24) is 4.98 Å². The molecule has 2 rings (SSSR count). The molecule has 0 unspecified atom stereocenters. The third kappa shape index (κ3) is 3.13. The average Bonchev–Trinajstić information content (AvgIpc) is 2.37. The number of benzene rings is 1. The maximum atomic E-state index is 10.9. The summed E-state index contributed by atoms with van der Waals surface area (Å²) < 4.78 is 0. The highest BCUT2D eigenvalue weighted by Crippen LogP contribution is 2.29. The number of hydrogen-bond donors (Lipinski definition) is 1. The standard InChI is InChI=1S/C12H9Cl2N3O2/c1-15-12-6-10(17(18)19)5-11(16-12)7-2-8(13)4-9(14)3-7/h2-6H,1H3,(H,15,16). The normalized spacial score (nSPS) is 10.3. The Morgan fingerprint density at radius 2 is 1.79 bits per heavy atom. The van der Waals surface area contributed by atoms with Gasteiger partial charge in [-0.15, -0.1) is 0 Å². The van der Waals surface area contributed by atoms with Gasteiger partial charge < -0.3 is 5.32 Å². The summed E-state index contributed by atoms with van der Waals surface area (Å²) in [5.74, 6) is 0.403. The molecule has 7 heteroatoms. The zero-order chi connectivity index (χ0) is 14.0. The van der Waals surface area contributed by atoms with E-state index in [1.54, 1.807) is 25.2 Å². The molecule has 19 heavy (non-hydrogen) atoms. The Morgan fingerprint density at radius 1 is 1.16 bits per heavy atom. The highest BCUT2D eigenvalue weighted by molar-refractivity contribution is 6.35. The van der Waals surface area contributed by atoms with Gasteiger partial charge in [0, 0.05) is 28.7 Å². The number of nitrogens with one attached hydrogen (secondary N) is 1. The van der Waals surface area contributed by atoms with E-state index in [0.29, 0.717) is 27.1 Å². The Hall–Kier alpha value is -1.85. The van der Waals surface area contributed by atoms with Gasteiger partial charge in [0.05, 0.1) is 16.7 Å². The topological polar surface area (TPSA) is 68.1 Å². The molecule has 0 aliphatic carbocycles. The maximum absolute atomic E-state index is 10.9. The fourth-order valence-electron chi connectivity index (χ4n) is 1.60. The second-order valence-electron chi connectivity index (χ2n) is 3.76. The predicted octanol–water partition coefficient (Wildman–Crippen LogP) is 4.01. The Balaban J connectivity index is 2.60. The van der Waals surface area contributed by atoms with E-state index in [2.05, 4.69) is 10.3 Å². The van der Waals surface area contributed by atoms with Crippen molar-refractivity contribution < 1.29 is 4.92 Å². The minimum absolute atomic E-state index is 0.0505. The SMILES string of the molecule is CNc1cc([N+](=O)[O-])cc(-c2cc(Cl)cc(Cl)c2)n1. The smallest absolute Gasteiger partial charge is 0.275 e. The lowest BCUT2D eigenvalue weighted by Crippen LogP contribution is -1.97. The molecule has 0 amide bonds. The van der Waals surface area contributed by atoms with Gasteiger partial charge >= 0.3 is 0 Å². The van der Waals surface area contributed by atoms with E-state index in [1.165, 1.54) is 12.1 Å². The second-order valence-corrected chi connectivity index (χ2v) is 4.63. The van der Waals surface area contributed by atoms with Crippen LogP contribution in [-0.4, -0.2) is 17.0 Å². The molecule has 0 saturated heterocycles. The van der Waals surface area contributed by atoms with E-state index >= 15 is 0 Å². The predicted molar refractivity (Wildman–Crippen MR) is 75.9 cm³/mol. The Labute approximate surface area is 119 Å². The van der Waals surface area contributed by atoms with Crippen LogP contribution in [0.15, 0.2) is 30.3 Å². The molecule has 0 bridgehead atoms. The molecule has 0 fully saturated rings. The lowest BCUT2D eigenvalue weighted by molar-refractivity contribution is -0.384. The largest absolute Gasteiger partial charge is 0.373 e. The molecule has 1 aromatic heterocycles. The number of nitro groups is 1. The second kappa shape index (κ2) is 5.42. The first-order valence-corrected chi connectivity index (χ1v) is 6.06. The fourth-order valence-corrected chi connectivity index (χ4v) is 2.13. The van der Waals surface area contributed by atoms with E-state index in [-0.39, 0.29) is 5.69 Å². The zero-order valence-corrected chi connectivity index (χ0v) is 11.4. The van der Waals surface area contributed by atoms with Crippen LogP contribution in [0, 0.1) is 10.1 Å². The van der Waals surface area contributed by atoms with Gasteiger partial charge in [-0.3, -0.25) is 10.1 Å². The van der Waals surface area contributed by atoms with Crippen molar-refractivity contribution in [3.8, 4) is 11.3 Å². The van der Waals surface area contributed by atoms with Crippen LogP contribution in [0.3, 0.4) is 0 Å². The van der Waals surface area contributed by atoms with Gasteiger partial charge in [-0.05, 0) is 18.2 Å². The molecule has 5 nitrogen and oxygen atoms in total. The van der Waals surface area contributed by atoms with Gasteiger partial charge in [0.15, 0.2) is 0 Å². The molecule has 0 aliphatic rings. The van der Waals surface area contributed by atoms with Gasteiger partial charge in [0.2, 0.25) is 0 Å². The number of aromatic nitrogens is 1. The number of nitrogens with zero attached hydrogens (tertiary/aromatic N) is 2. The summed E-state index contributed by atoms with van der Waals surface area (Å²) in [4.78, 5) is 14.7. The summed E-state index contributed by atoms with van der Waals surface area (Å²) in [5, 5.41) is 14.6. The lowest BCUT2D eigenvalue weighted by Gasteiger charge is -2.06. The van der Waals surface area contributed by atoms with E-state index in [1.807, 2.05) is 0 Å². The molecule has 1 aromatic carbocycles. The fraction of sp³-hybridized carbons (Fsp3) is 0.0833. The minimum atomic E-state index is -0.474. The number of rotatable bonds is 3. The molecule has 2 aromatic rings. The lowest BCUT2D eigenvalue weighted by atomic mass is 10.1. The maximum Gasteiger partial charge on any atom is 0.275 e. The van der Waals surface area contributed by atoms with Gasteiger partial charge in [-0.2, -0.15) is 0 Å². The van der Waals surface area contributed by atoms with Gasteiger partial charge in [0.25, 0.3) is 5.69 Å². The van der Waals surface area contributed by atoms with Gasteiger partial charge in [-0.25, -0.2) is 4.98 Å². The highest BCUT2D eigenvalue weighted by atomic mass is 35.5. The Bertz CT molecular complexity index is 627. The molecule has 0 atom stereocenters. The summed E-state index contributed by atoms with van der Waals surface area (Å²) in [7, 11) is 1.64. The van der Waals surface area contributed by atoms with E-state index in [4.69, 9.17) is 23.2 Å². The Kier molecular flexibility index (Phi) is 3.87. The van der Waals surface area contributed by atoms with Crippen LogP contribution in [-0.2, 0) is 0 Å². The first-order chi connectivity index (χ1) is 8.99. The van der Waals surface area contributed by atoms with Crippen LogP contribution in [0.5, 0.6) is 0 Å². The molecule has 0 radical (unpaired) electrons. The van der Waals surface area contributed by atoms with Crippen LogP contribution in [0.4, 0.5) is 11.5 Å². The molecular weight excluding hydrogens is 289 g/mol. The number of hydrogen-bond acceptors (Lipinski definition) is 4. The monoisotopic (exact) mass is 297 g/mol. The average molecular weight is 298 g/mol. The van der Waals surface area contributed by atoms with Crippen molar-refractivity contribution in [2.24, 2.45) is 0 Å². The molecule has 0 aliphatic heterocycles. The van der Waals surface area contributed by atoms with E-state index in [0.717, 1.165) is 0 Å². The summed E-state index contributed by atoms with van der Waals surface area (Å²) >= 11 is 11.8. The van der Waals surface area contributed by atoms with Crippen LogP contribution in [0.1, 0.15) is 0 Å². The third-order valence-corrected chi connectivity index (χ3v) is 2.87. The van der Waals surface area contributed by atoms with Gasteiger partial charge in [0.1, 0.15) is 5.82 Å². The first kappa shape index (κ1) is 13.6. The van der Waals surface area contributed by atoms with Crippen LogP contribution in [0.2, 0.25) is 10.0 Å². The van der Waals surface area contributed by atoms with E-state index < -0.39 is 4.92 Å². The highest BCUT2D eigenvalue weighted by Gasteiger charge is 2.12. The number of anilines is 1. The summed E-state index contributed by atoms with van der Waals surface area (Å²) in [6.45, 7) is 0. The van der Waals surface area contributed by atoms with Crippen molar-refractivity contribution in [2.45, 2.75) is 0 Å². The summed E-state index contributed by atoms with van der Waals surface area (Å²) in [6.07, 6.45) is 0. The molecule has 0 saturated carbocycles. The quantitative estimate of drug-likeness (QED) is 0.686. The molecule has 0 spiro atoms. The van der Waals surface area contributed by atoms with E-state index in [9.17, 15) is 10.1 Å². The molecule has 1 N–H and O–H groups in total. The van der Waals surface area contributed by atoms with Crippen molar-refractivity contribution in [3.63, 3.8) is 0 Å². The summed E-state index contributed by atoms with van der Waals surface area (Å²) in [6, 6.07) is 7.62. The van der Waals surface area contributed by atoms with Crippen LogP contribution < -0.4 is 5.32 Å². The molecule has 98 valence electrons. The van der Waals surface area contributed by atoms with Crippen molar-refractivity contribution in [2.75, 3.05) is 12.4 Å². The molecular formula is C12H9Cl2N3O2. The van der Waals surface area contributed by atoms with Crippen LogP contribution >= 0.6 is 23.2 Å². The van der Waals surface area contributed by atoms with Crippen molar-refractivity contribution in [3.05, 3.63) is 50.5 Å². The number of halogens is 2. The van der Waals surface area contributed by atoms with Crippen molar-refractivity contribution in [1.29, 1.82) is 0 Å². The minimum Gasteiger partial charge on any atom is -0.373 e. The van der Waals surface area contributed by atoms with Gasteiger partial charge in [-0.1, -0.05) is 23.2 Å². The van der Waals surface area contributed by atoms with Crippen molar-refractivity contribution >= 4 is 34.7 Å². The zero-order valence-electron chi connectivity index (χ0n) is 9.85. The third-order valence-electron chi connectivity index (χ3n) is 2.44.